The van der Waals surface area contributed by atoms with Gasteiger partial charge in [0.2, 0.25) is 0 Å². The summed E-state index contributed by atoms with van der Waals surface area (Å²) in [6, 6.07) is -0.322. The summed E-state index contributed by atoms with van der Waals surface area (Å²) in [5, 5.41) is 34.9. The molecule has 0 aromatic carbocycles. The number of carbonyl (C=O) groups excluding carboxylic acids is 3. The minimum Gasteiger partial charge on any atom is -0.458 e. The lowest BCUT2D eigenvalue weighted by Crippen LogP contribution is -2.61. The normalized spacial score (nSPS) is 49.1. The molecule has 4 fully saturated rings. The molecule has 4 heterocycles. The van der Waals surface area contributed by atoms with E-state index in [2.05, 4.69) is 0 Å². The maximum Gasteiger partial charge on any atom is 0.509 e. The van der Waals surface area contributed by atoms with Crippen molar-refractivity contribution in [2.75, 3.05) is 21.2 Å². The molecule has 0 bridgehead atoms. The summed E-state index contributed by atoms with van der Waals surface area (Å²) in [5.41, 5.74) is -4.33. The Morgan fingerprint density at radius 1 is 0.906 bits per heavy atom. The highest BCUT2D eigenvalue weighted by Crippen LogP contribution is 2.43. The lowest BCUT2D eigenvalue weighted by atomic mass is 9.74. The Kier molecular flexibility index (Phi) is 13.7. The van der Waals surface area contributed by atoms with E-state index in [4.69, 9.17) is 37.9 Å². The molecular formula is C38H65NO14. The van der Waals surface area contributed by atoms with Crippen LogP contribution in [0.4, 0.5) is 4.79 Å². The molecule has 0 aromatic heterocycles. The number of likely N-dealkylation sites (N-methyl/N-ethyl adjacent to an activating group) is 1. The standard InChI is InChI=1S/C38H65NO14/c1-14-25-38(10)32(52-35(44)53-38)20(4)27(40)18(2)16-36(8,45)31(51-34-28(41)24(39(11)12)15-19(3)47-34)21(5)29(22(6)33(43)49-25)50-26-17-37(9,46-13)30(42)23(7)48-26/h18-26,28-32,34,41-42,45H,14-17H2,1-13H3/t18-,19-,20+,21+,22-,23+,24+,25-,26+,28-,29+,30+,31-,32?,34+,36-,37-,38-/m1/s1. The zero-order valence-corrected chi connectivity index (χ0v) is 33.8. The van der Waals surface area contributed by atoms with Crippen LogP contribution in [0.15, 0.2) is 0 Å². The molecule has 0 spiro atoms. The van der Waals surface area contributed by atoms with E-state index in [1.165, 1.54) is 7.11 Å². The van der Waals surface area contributed by atoms with Crippen molar-refractivity contribution in [1.29, 1.82) is 0 Å². The van der Waals surface area contributed by atoms with E-state index in [1.807, 2.05) is 25.9 Å². The fraction of sp³-hybridized carbons (Fsp3) is 0.921. The third-order valence-electron chi connectivity index (χ3n) is 12.3. The largest absolute Gasteiger partial charge is 0.509 e. The number of aliphatic hydroxyl groups excluding tert-OH is 2. The van der Waals surface area contributed by atoms with Crippen LogP contribution in [0.5, 0.6) is 0 Å². The predicted octanol–water partition coefficient (Wildman–Crippen LogP) is 2.97. The summed E-state index contributed by atoms with van der Waals surface area (Å²) in [5.74, 6) is -4.54. The highest BCUT2D eigenvalue weighted by Gasteiger charge is 2.59. The molecule has 0 radical (unpaired) electrons. The van der Waals surface area contributed by atoms with Gasteiger partial charge in [-0.25, -0.2) is 4.79 Å². The molecule has 18 atom stereocenters. The Morgan fingerprint density at radius 2 is 1.55 bits per heavy atom. The van der Waals surface area contributed by atoms with Crippen LogP contribution in [-0.2, 0) is 47.5 Å². The van der Waals surface area contributed by atoms with Crippen molar-refractivity contribution < 1.29 is 67.6 Å². The van der Waals surface area contributed by atoms with Gasteiger partial charge in [-0.2, -0.15) is 0 Å². The Labute approximate surface area is 314 Å². The van der Waals surface area contributed by atoms with Crippen molar-refractivity contribution in [1.82, 2.24) is 4.90 Å². The van der Waals surface area contributed by atoms with Gasteiger partial charge >= 0.3 is 12.1 Å². The summed E-state index contributed by atoms with van der Waals surface area (Å²) in [7, 11) is 5.20. The number of aliphatic hydroxyl groups is 3. The van der Waals surface area contributed by atoms with E-state index in [0.717, 1.165) is 0 Å². The topological polar surface area (TPSA) is 189 Å². The number of Topliss-reactive ketones (excluding diaryl/α,β-unsaturated/α-hetero) is 1. The lowest BCUT2D eigenvalue weighted by molar-refractivity contribution is -0.318. The molecule has 0 saturated carbocycles. The van der Waals surface area contributed by atoms with Gasteiger partial charge in [0.05, 0.1) is 47.5 Å². The third-order valence-corrected chi connectivity index (χ3v) is 12.3. The van der Waals surface area contributed by atoms with Gasteiger partial charge < -0.3 is 58.1 Å². The molecule has 53 heavy (non-hydrogen) atoms. The highest BCUT2D eigenvalue weighted by molar-refractivity contribution is 5.84. The van der Waals surface area contributed by atoms with Crippen LogP contribution in [0.3, 0.4) is 0 Å². The molecule has 0 aromatic rings. The van der Waals surface area contributed by atoms with Gasteiger partial charge in [0.15, 0.2) is 24.3 Å². The summed E-state index contributed by atoms with van der Waals surface area (Å²) in [6.07, 6.45) is -9.81. The molecule has 15 nitrogen and oxygen atoms in total. The lowest BCUT2D eigenvalue weighted by Gasteiger charge is -2.49. The number of methoxy groups -OCH3 is 1. The van der Waals surface area contributed by atoms with Gasteiger partial charge in [-0.05, 0) is 74.9 Å². The van der Waals surface area contributed by atoms with Crippen molar-refractivity contribution >= 4 is 17.9 Å². The number of rotatable bonds is 7. The predicted molar refractivity (Wildman–Crippen MR) is 189 cm³/mol. The van der Waals surface area contributed by atoms with Gasteiger partial charge in [-0.15, -0.1) is 0 Å². The van der Waals surface area contributed by atoms with E-state index in [-0.39, 0.29) is 37.2 Å². The van der Waals surface area contributed by atoms with E-state index >= 15 is 0 Å². The number of hydrogen-bond acceptors (Lipinski definition) is 15. The molecule has 306 valence electrons. The summed E-state index contributed by atoms with van der Waals surface area (Å²) >= 11 is 0. The van der Waals surface area contributed by atoms with Crippen molar-refractivity contribution in [3.8, 4) is 0 Å². The van der Waals surface area contributed by atoms with Crippen LogP contribution < -0.4 is 0 Å². The third kappa shape index (κ3) is 8.88. The minimum atomic E-state index is -1.78. The summed E-state index contributed by atoms with van der Waals surface area (Å²) < 4.78 is 48.7. The smallest absolute Gasteiger partial charge is 0.458 e. The molecule has 0 aliphatic carbocycles. The number of nitrogens with zero attached hydrogens (tertiary/aromatic N) is 1. The van der Waals surface area contributed by atoms with E-state index in [1.54, 1.807) is 62.3 Å². The van der Waals surface area contributed by atoms with E-state index in [0.29, 0.717) is 6.42 Å². The molecule has 4 aliphatic rings. The first-order valence-corrected chi connectivity index (χ1v) is 19.1. The van der Waals surface area contributed by atoms with Crippen LogP contribution >= 0.6 is 0 Å². The molecule has 4 aliphatic heterocycles. The zero-order valence-electron chi connectivity index (χ0n) is 33.8. The minimum absolute atomic E-state index is 0.0996. The fourth-order valence-corrected chi connectivity index (χ4v) is 9.03. The Morgan fingerprint density at radius 3 is 2.13 bits per heavy atom. The van der Waals surface area contributed by atoms with Crippen LogP contribution in [0.25, 0.3) is 0 Å². The first-order chi connectivity index (χ1) is 24.5. The van der Waals surface area contributed by atoms with Gasteiger partial charge in [0, 0.05) is 31.4 Å². The van der Waals surface area contributed by atoms with Crippen molar-refractivity contribution in [3.63, 3.8) is 0 Å². The maximum atomic E-state index is 14.3. The Hall–Kier alpha value is -1.95. The second-order valence-corrected chi connectivity index (χ2v) is 16.9. The molecule has 0 amide bonds. The first kappa shape index (κ1) is 43.8. The van der Waals surface area contributed by atoms with Gasteiger partial charge in [-0.3, -0.25) is 9.59 Å². The number of carbonyl (C=O) groups is 3. The van der Waals surface area contributed by atoms with E-state index in [9.17, 15) is 29.7 Å². The molecule has 1 unspecified atom stereocenters. The van der Waals surface area contributed by atoms with Crippen LogP contribution in [0.1, 0.15) is 94.9 Å². The number of cyclic esters (lactones) is 1. The number of fused-ring (bicyclic) bond motifs is 1. The van der Waals surface area contributed by atoms with Gasteiger partial charge in [-0.1, -0.05) is 27.7 Å². The molecule has 4 saturated heterocycles. The van der Waals surface area contributed by atoms with Crippen molar-refractivity contribution in [3.05, 3.63) is 0 Å². The monoisotopic (exact) mass is 759 g/mol. The summed E-state index contributed by atoms with van der Waals surface area (Å²) in [6.45, 7) is 16.9. The molecule has 15 heteroatoms. The average molecular weight is 760 g/mol. The van der Waals surface area contributed by atoms with Crippen LogP contribution in [0, 0.1) is 23.7 Å². The first-order valence-electron chi connectivity index (χ1n) is 19.1. The van der Waals surface area contributed by atoms with E-state index < -0.39 is 108 Å². The number of ketones is 1. The quantitative estimate of drug-likeness (QED) is 0.321. The SMILES string of the molecule is CC[C@H]1OC(=O)[C@H](C)[C@@H](O[C@H]2C[C@@](C)(OC)[C@@H](O)[C@H](C)O2)[C@H](C)[C@@H](O[C@@H]2O[C@H](C)C[C@H](N(C)C)[C@H]2O)[C@](C)(O)C[C@@H](C)C(=O)[C@H](C)C2OC(=O)O[C@@]21C. The fourth-order valence-electron chi connectivity index (χ4n) is 9.03. The molecular weight excluding hydrogens is 694 g/mol. The average Bonchev–Trinajstić information content (AvgIpc) is 3.40. The number of hydrogen-bond donors (Lipinski definition) is 3. The zero-order chi connectivity index (χ0) is 40.0. The van der Waals surface area contributed by atoms with Gasteiger partial charge in [0.1, 0.15) is 24.1 Å². The number of ether oxygens (including phenoxy) is 8. The second-order valence-electron chi connectivity index (χ2n) is 16.9. The maximum absolute atomic E-state index is 14.3. The highest BCUT2D eigenvalue weighted by atomic mass is 16.8. The second kappa shape index (κ2) is 16.6. The van der Waals surface area contributed by atoms with Gasteiger partial charge in [0.25, 0.3) is 0 Å². The van der Waals surface area contributed by atoms with Crippen molar-refractivity contribution in [2.24, 2.45) is 23.7 Å². The number of esters is 1. The Bertz CT molecular complexity index is 1300. The molecule has 3 N–H and O–H groups in total. The summed E-state index contributed by atoms with van der Waals surface area (Å²) in [4.78, 5) is 43.0. The van der Waals surface area contributed by atoms with Crippen LogP contribution in [-0.4, -0.2) is 144 Å². The van der Waals surface area contributed by atoms with Crippen molar-refractivity contribution in [2.45, 2.75) is 179 Å². The van der Waals surface area contributed by atoms with Crippen LogP contribution in [0.2, 0.25) is 0 Å². The molecule has 4 rings (SSSR count). The Balaban J connectivity index is 1.84.